The molecule has 0 radical (unpaired) electrons. The van der Waals surface area contributed by atoms with Gasteiger partial charge in [0.1, 0.15) is 0 Å². The monoisotopic (exact) mass is 1200 g/mol. The van der Waals surface area contributed by atoms with Crippen LogP contribution in [0.1, 0.15) is 457 Å². The van der Waals surface area contributed by atoms with Crippen LogP contribution in [0.25, 0.3) is 0 Å². The molecule has 0 aromatic rings. The number of rotatable bonds is 75. The van der Waals surface area contributed by atoms with Crippen molar-refractivity contribution >= 4 is 11.9 Å². The number of hydrogen-bond acceptors (Lipinski definition) is 5. The van der Waals surface area contributed by atoms with Crippen molar-refractivity contribution in [2.24, 2.45) is 0 Å². The van der Waals surface area contributed by atoms with Crippen LogP contribution in [0.3, 0.4) is 0 Å². The molecule has 506 valence electrons. The molecule has 6 heteroatoms. The van der Waals surface area contributed by atoms with E-state index in [0.29, 0.717) is 25.9 Å². The highest BCUT2D eigenvalue weighted by Gasteiger charge is 2.20. The fourth-order valence-corrected chi connectivity index (χ4v) is 12.8. The molecule has 2 unspecified atom stereocenters. The molecule has 0 spiro atoms. The summed E-state index contributed by atoms with van der Waals surface area (Å²) in [4.78, 5) is 24.6. The van der Waals surface area contributed by atoms with Gasteiger partial charge in [0.2, 0.25) is 5.91 Å². The van der Waals surface area contributed by atoms with Gasteiger partial charge in [-0.3, -0.25) is 9.59 Å². The largest absolute Gasteiger partial charge is 0.466 e. The van der Waals surface area contributed by atoms with E-state index in [-0.39, 0.29) is 18.5 Å². The molecule has 85 heavy (non-hydrogen) atoms. The molecule has 0 aliphatic carbocycles. The highest BCUT2D eigenvalue weighted by atomic mass is 16.5. The van der Waals surface area contributed by atoms with Crippen molar-refractivity contribution in [2.75, 3.05) is 13.2 Å². The lowest BCUT2D eigenvalue weighted by atomic mass is 10.0. The standard InChI is InChI=1S/C79H155NO5/c1-3-5-7-9-11-13-15-17-19-20-21-22-32-35-38-41-44-47-51-55-59-63-67-71-77(82)76(75-81)80-78(83)72-68-64-60-56-52-48-45-42-39-36-33-30-28-26-24-23-25-27-29-31-34-37-40-43-46-50-54-58-62-66-70-74-85-79(84)73-69-65-61-57-53-49-18-16-14-12-10-8-6-4-2/h16,18,76-77,81-82H,3-15,17,19-75H2,1-2H3,(H,80,83)/b18-16-. The highest BCUT2D eigenvalue weighted by Crippen LogP contribution is 2.20. The molecule has 2 atom stereocenters. The van der Waals surface area contributed by atoms with Crippen LogP contribution in [0, 0.1) is 0 Å². The van der Waals surface area contributed by atoms with Crippen LogP contribution in [0.4, 0.5) is 0 Å². The van der Waals surface area contributed by atoms with E-state index in [1.54, 1.807) is 0 Å². The maximum atomic E-state index is 12.6. The van der Waals surface area contributed by atoms with E-state index in [1.165, 1.54) is 379 Å². The van der Waals surface area contributed by atoms with E-state index in [4.69, 9.17) is 4.74 Å². The summed E-state index contributed by atoms with van der Waals surface area (Å²) in [7, 11) is 0. The maximum Gasteiger partial charge on any atom is 0.305 e. The number of amides is 1. The van der Waals surface area contributed by atoms with Gasteiger partial charge in [-0.25, -0.2) is 0 Å². The molecule has 0 saturated heterocycles. The predicted octanol–water partition coefficient (Wildman–Crippen LogP) is 25.9. The molecule has 3 N–H and O–H groups in total. The van der Waals surface area contributed by atoms with Gasteiger partial charge in [-0.1, -0.05) is 405 Å². The first-order valence-corrected chi connectivity index (χ1v) is 39.4. The van der Waals surface area contributed by atoms with Crippen molar-refractivity contribution < 1.29 is 24.5 Å². The summed E-state index contributed by atoms with van der Waals surface area (Å²) in [5.74, 6) is -0.0114. The van der Waals surface area contributed by atoms with Crippen molar-refractivity contribution in [1.29, 1.82) is 0 Å². The number of aliphatic hydroxyl groups excluding tert-OH is 2. The third kappa shape index (κ3) is 71.6. The fraction of sp³-hybridized carbons (Fsp3) is 0.949. The molecule has 0 aromatic heterocycles. The number of allylic oxidation sites excluding steroid dienone is 2. The van der Waals surface area contributed by atoms with E-state index in [2.05, 4.69) is 31.3 Å². The lowest BCUT2D eigenvalue weighted by Gasteiger charge is -2.22. The first kappa shape index (κ1) is 83.6. The minimum Gasteiger partial charge on any atom is -0.466 e. The third-order valence-electron chi connectivity index (χ3n) is 18.8. The number of unbranched alkanes of at least 4 members (excludes halogenated alkanes) is 62. The van der Waals surface area contributed by atoms with Crippen molar-refractivity contribution in [3.05, 3.63) is 12.2 Å². The Morgan fingerprint density at radius 2 is 0.553 bits per heavy atom. The van der Waals surface area contributed by atoms with Crippen molar-refractivity contribution in [2.45, 2.75) is 469 Å². The van der Waals surface area contributed by atoms with E-state index < -0.39 is 12.1 Å². The van der Waals surface area contributed by atoms with Crippen LogP contribution in [-0.2, 0) is 14.3 Å². The number of carbonyl (C=O) groups is 2. The van der Waals surface area contributed by atoms with Crippen molar-refractivity contribution in [3.63, 3.8) is 0 Å². The van der Waals surface area contributed by atoms with E-state index in [1.807, 2.05) is 0 Å². The van der Waals surface area contributed by atoms with Crippen molar-refractivity contribution in [3.8, 4) is 0 Å². The summed E-state index contributed by atoms with van der Waals surface area (Å²) < 4.78 is 5.49. The van der Waals surface area contributed by atoms with Crippen LogP contribution in [0.15, 0.2) is 12.2 Å². The lowest BCUT2D eigenvalue weighted by Crippen LogP contribution is -2.45. The highest BCUT2D eigenvalue weighted by molar-refractivity contribution is 5.76. The molecule has 0 rings (SSSR count). The van der Waals surface area contributed by atoms with Crippen LogP contribution in [0.2, 0.25) is 0 Å². The molecule has 0 saturated carbocycles. The Morgan fingerprint density at radius 3 is 0.835 bits per heavy atom. The fourth-order valence-electron chi connectivity index (χ4n) is 12.8. The van der Waals surface area contributed by atoms with Crippen LogP contribution < -0.4 is 5.32 Å². The van der Waals surface area contributed by atoms with Crippen LogP contribution in [-0.4, -0.2) is 47.4 Å². The quantitative estimate of drug-likeness (QED) is 0.0320. The Morgan fingerprint density at radius 1 is 0.318 bits per heavy atom. The smallest absolute Gasteiger partial charge is 0.305 e. The molecular formula is C79H155NO5. The molecule has 6 nitrogen and oxygen atoms in total. The number of esters is 1. The van der Waals surface area contributed by atoms with Gasteiger partial charge in [0.05, 0.1) is 25.4 Å². The van der Waals surface area contributed by atoms with Gasteiger partial charge in [-0.2, -0.15) is 0 Å². The zero-order chi connectivity index (χ0) is 61.3. The minimum absolute atomic E-state index is 0.0133. The molecule has 0 aliphatic rings. The Kier molecular flexibility index (Phi) is 73.8. The summed E-state index contributed by atoms with van der Waals surface area (Å²) in [6.45, 7) is 5.00. The average molecular weight is 1200 g/mol. The van der Waals surface area contributed by atoms with E-state index >= 15 is 0 Å². The SMILES string of the molecule is CCCCCCC/C=C\CCCCCCCC(=O)OCCCCCCCCCCCCCCCCCCCCCCCCCCCCCCCCCC(=O)NC(CO)C(O)CCCCCCCCCCCCCCCCCCCCCCCCC. The molecule has 0 bridgehead atoms. The minimum atomic E-state index is -0.662. The zero-order valence-corrected chi connectivity index (χ0v) is 58.1. The Balaban J connectivity index is 3.33. The number of carbonyl (C=O) groups excluding carboxylic acids is 2. The number of hydrogen-bond donors (Lipinski definition) is 3. The van der Waals surface area contributed by atoms with E-state index in [0.717, 1.165) is 44.9 Å². The summed E-state index contributed by atoms with van der Waals surface area (Å²) in [6.07, 6.45) is 94.4. The molecule has 0 fully saturated rings. The number of ether oxygens (including phenoxy) is 1. The first-order chi connectivity index (χ1) is 42.0. The number of aliphatic hydroxyl groups is 2. The molecule has 0 heterocycles. The molecule has 0 aliphatic heterocycles. The second-order valence-corrected chi connectivity index (χ2v) is 27.4. The van der Waals surface area contributed by atoms with Crippen molar-refractivity contribution in [1.82, 2.24) is 5.32 Å². The Bertz CT molecular complexity index is 1290. The second kappa shape index (κ2) is 75.1. The van der Waals surface area contributed by atoms with Gasteiger partial charge in [0, 0.05) is 12.8 Å². The van der Waals surface area contributed by atoms with Gasteiger partial charge in [0.15, 0.2) is 0 Å². The van der Waals surface area contributed by atoms with E-state index in [9.17, 15) is 19.8 Å². The van der Waals surface area contributed by atoms with Crippen LogP contribution >= 0.6 is 0 Å². The summed E-state index contributed by atoms with van der Waals surface area (Å²) in [5.41, 5.74) is 0. The predicted molar refractivity (Wildman–Crippen MR) is 375 cm³/mol. The second-order valence-electron chi connectivity index (χ2n) is 27.4. The van der Waals surface area contributed by atoms with Gasteiger partial charge < -0.3 is 20.3 Å². The Labute approximate surface area is 533 Å². The van der Waals surface area contributed by atoms with Crippen LogP contribution in [0.5, 0.6) is 0 Å². The number of nitrogens with one attached hydrogen (secondary N) is 1. The zero-order valence-electron chi connectivity index (χ0n) is 58.1. The Hall–Kier alpha value is -1.40. The van der Waals surface area contributed by atoms with Gasteiger partial charge in [-0.15, -0.1) is 0 Å². The summed E-state index contributed by atoms with van der Waals surface area (Å²) >= 11 is 0. The van der Waals surface area contributed by atoms with Gasteiger partial charge in [-0.05, 0) is 51.4 Å². The molecular weight excluding hydrogens is 1040 g/mol. The lowest BCUT2D eigenvalue weighted by molar-refractivity contribution is -0.143. The summed E-state index contributed by atoms with van der Waals surface area (Å²) in [5, 5.41) is 23.5. The third-order valence-corrected chi connectivity index (χ3v) is 18.8. The average Bonchev–Trinajstić information content (AvgIpc) is 3.50. The molecule has 0 aromatic carbocycles. The summed E-state index contributed by atoms with van der Waals surface area (Å²) in [6, 6.07) is -0.539. The normalized spacial score (nSPS) is 12.5. The topological polar surface area (TPSA) is 95.9 Å². The molecule has 1 amide bonds. The van der Waals surface area contributed by atoms with Gasteiger partial charge in [0.25, 0.3) is 0 Å². The first-order valence-electron chi connectivity index (χ1n) is 39.4. The maximum absolute atomic E-state index is 12.6. The van der Waals surface area contributed by atoms with Gasteiger partial charge >= 0.3 is 5.97 Å².